The molecule has 2 rings (SSSR count). The van der Waals surface area contributed by atoms with Gasteiger partial charge in [-0.25, -0.2) is 0 Å². The molecule has 2 atom stereocenters. The van der Waals surface area contributed by atoms with Crippen molar-refractivity contribution in [3.05, 3.63) is 60.2 Å². The van der Waals surface area contributed by atoms with E-state index in [9.17, 15) is 9.59 Å². The molecule has 0 aliphatic heterocycles. The van der Waals surface area contributed by atoms with Crippen LogP contribution < -0.4 is 11.5 Å². The second kappa shape index (κ2) is 17.6. The molecule has 2 unspecified atom stereocenters. The lowest BCUT2D eigenvalue weighted by Gasteiger charge is -2.17. The molecule has 8 nitrogen and oxygen atoms in total. The molecule has 0 saturated carbocycles. The van der Waals surface area contributed by atoms with Crippen molar-refractivity contribution in [1.82, 2.24) is 9.97 Å². The van der Waals surface area contributed by atoms with Crippen molar-refractivity contribution in [2.45, 2.75) is 69.6 Å². The third kappa shape index (κ3) is 11.9. The summed E-state index contributed by atoms with van der Waals surface area (Å²) in [5.74, 6) is -0.653. The quantitative estimate of drug-likeness (QED) is 0.185. The molecule has 2 aromatic rings. The van der Waals surface area contributed by atoms with E-state index in [0.717, 1.165) is 49.7 Å². The van der Waals surface area contributed by atoms with Gasteiger partial charge in [-0.1, -0.05) is 25.0 Å². The molecule has 0 amide bonds. The van der Waals surface area contributed by atoms with Crippen molar-refractivity contribution in [3.8, 4) is 0 Å². The van der Waals surface area contributed by atoms with Gasteiger partial charge in [0, 0.05) is 24.8 Å². The zero-order valence-electron chi connectivity index (χ0n) is 20.6. The number of ether oxygens (including phenoxy) is 2. The summed E-state index contributed by atoms with van der Waals surface area (Å²) in [6, 6.07) is 7.89. The zero-order valence-corrected chi connectivity index (χ0v) is 20.6. The molecular weight excluding hydrogens is 444 g/mol. The highest BCUT2D eigenvalue weighted by Crippen LogP contribution is 2.26. The maximum absolute atomic E-state index is 12.2. The number of carbonyl (C=O) groups excluding carboxylic acids is 2. The fourth-order valence-corrected chi connectivity index (χ4v) is 4.11. The molecule has 0 radical (unpaired) electrons. The van der Waals surface area contributed by atoms with Gasteiger partial charge in [0.25, 0.3) is 0 Å². The summed E-state index contributed by atoms with van der Waals surface area (Å²) in [6.45, 7) is 1.82. The van der Waals surface area contributed by atoms with Crippen LogP contribution in [0, 0.1) is 0 Å². The first-order valence-electron chi connectivity index (χ1n) is 12.6. The summed E-state index contributed by atoms with van der Waals surface area (Å²) in [5, 5.41) is 0. The van der Waals surface area contributed by atoms with Crippen LogP contribution in [0.15, 0.2) is 49.1 Å². The Morgan fingerprint density at radius 2 is 1.17 bits per heavy atom. The van der Waals surface area contributed by atoms with Gasteiger partial charge in [-0.3, -0.25) is 19.6 Å². The third-order valence-electron chi connectivity index (χ3n) is 6.07. The standard InChI is InChI=1S/C27H40N4O4/c28-13-3-1-7-22(24-9-5-15-30-20-24)11-17-34-26(32)19-27(33)35-18-12-23(8-2-4-14-29)25-10-6-16-31-21-25/h5-6,9-10,15-16,20-23H,1-4,7-8,11-14,17-19,28-29H2. The molecule has 2 aromatic heterocycles. The fourth-order valence-electron chi connectivity index (χ4n) is 4.11. The second-order valence-electron chi connectivity index (χ2n) is 8.73. The molecule has 35 heavy (non-hydrogen) atoms. The molecule has 0 bridgehead atoms. The van der Waals surface area contributed by atoms with E-state index in [4.69, 9.17) is 20.9 Å². The number of nitrogens with zero attached hydrogens (tertiary/aromatic N) is 2. The van der Waals surface area contributed by atoms with Crippen molar-refractivity contribution in [2.24, 2.45) is 11.5 Å². The highest BCUT2D eigenvalue weighted by molar-refractivity contribution is 5.91. The molecule has 0 saturated heterocycles. The smallest absolute Gasteiger partial charge is 0.317 e. The minimum Gasteiger partial charge on any atom is -0.465 e. The molecule has 0 aromatic carbocycles. The highest BCUT2D eigenvalue weighted by atomic mass is 16.6. The third-order valence-corrected chi connectivity index (χ3v) is 6.07. The van der Waals surface area contributed by atoms with E-state index in [-0.39, 0.29) is 31.5 Å². The number of esters is 2. The zero-order chi connectivity index (χ0) is 25.1. The first kappa shape index (κ1) is 28.4. The Balaban J connectivity index is 1.72. The second-order valence-corrected chi connectivity index (χ2v) is 8.73. The number of carbonyl (C=O) groups is 2. The minimum absolute atomic E-state index is 0.235. The molecule has 0 spiro atoms. The number of pyridine rings is 2. The Morgan fingerprint density at radius 3 is 1.54 bits per heavy atom. The van der Waals surface area contributed by atoms with Gasteiger partial charge in [-0.05, 0) is 86.7 Å². The Labute approximate surface area is 208 Å². The number of rotatable bonds is 18. The number of hydrogen-bond donors (Lipinski definition) is 2. The molecule has 0 fully saturated rings. The first-order valence-corrected chi connectivity index (χ1v) is 12.6. The van der Waals surface area contributed by atoms with Crippen LogP contribution in [-0.2, 0) is 19.1 Å². The van der Waals surface area contributed by atoms with E-state index in [1.807, 2.05) is 36.7 Å². The van der Waals surface area contributed by atoms with Gasteiger partial charge in [0.05, 0.1) is 13.2 Å². The van der Waals surface area contributed by atoms with Crippen LogP contribution in [0.4, 0.5) is 0 Å². The van der Waals surface area contributed by atoms with Crippen molar-refractivity contribution in [2.75, 3.05) is 26.3 Å². The van der Waals surface area contributed by atoms with Crippen LogP contribution in [-0.4, -0.2) is 48.2 Å². The minimum atomic E-state index is -0.561. The maximum atomic E-state index is 12.2. The van der Waals surface area contributed by atoms with Gasteiger partial charge < -0.3 is 20.9 Å². The molecule has 4 N–H and O–H groups in total. The van der Waals surface area contributed by atoms with Crippen LogP contribution in [0.5, 0.6) is 0 Å². The average molecular weight is 485 g/mol. The van der Waals surface area contributed by atoms with Crippen molar-refractivity contribution in [1.29, 1.82) is 0 Å². The largest absolute Gasteiger partial charge is 0.465 e. The van der Waals surface area contributed by atoms with Gasteiger partial charge in [-0.2, -0.15) is 0 Å². The summed E-state index contributed by atoms with van der Waals surface area (Å²) in [7, 11) is 0. The summed E-state index contributed by atoms with van der Waals surface area (Å²) in [5.41, 5.74) is 13.5. The van der Waals surface area contributed by atoms with Crippen LogP contribution in [0.1, 0.15) is 80.8 Å². The summed E-state index contributed by atoms with van der Waals surface area (Å²) >= 11 is 0. The summed E-state index contributed by atoms with van der Waals surface area (Å²) in [4.78, 5) is 32.7. The van der Waals surface area contributed by atoms with Gasteiger partial charge >= 0.3 is 11.9 Å². The van der Waals surface area contributed by atoms with Gasteiger partial charge in [0.2, 0.25) is 0 Å². The SMILES string of the molecule is NCCCCC(CCOC(=O)CC(=O)OCCC(CCCCN)c1cccnc1)c1cccnc1. The van der Waals surface area contributed by atoms with E-state index in [0.29, 0.717) is 25.9 Å². The van der Waals surface area contributed by atoms with Crippen LogP contribution in [0.3, 0.4) is 0 Å². The van der Waals surface area contributed by atoms with Gasteiger partial charge in [0.15, 0.2) is 0 Å². The monoisotopic (exact) mass is 484 g/mol. The highest BCUT2D eigenvalue weighted by Gasteiger charge is 2.17. The Kier molecular flexibility index (Phi) is 14.3. The van der Waals surface area contributed by atoms with E-state index >= 15 is 0 Å². The lowest BCUT2D eigenvalue weighted by molar-refractivity contribution is -0.154. The lowest BCUT2D eigenvalue weighted by atomic mass is 9.92. The predicted molar refractivity (Wildman–Crippen MR) is 136 cm³/mol. The normalized spacial score (nSPS) is 12.6. The molecule has 0 aliphatic rings. The average Bonchev–Trinajstić information content (AvgIpc) is 2.88. The fraction of sp³-hybridized carbons (Fsp3) is 0.556. The van der Waals surface area contributed by atoms with Crippen LogP contribution in [0.25, 0.3) is 0 Å². The molecule has 192 valence electrons. The topological polar surface area (TPSA) is 130 Å². The molecule has 8 heteroatoms. The van der Waals surface area contributed by atoms with E-state index in [1.54, 1.807) is 12.4 Å². The number of unbranched alkanes of at least 4 members (excludes halogenated alkanes) is 2. The van der Waals surface area contributed by atoms with Gasteiger partial charge in [0.1, 0.15) is 6.42 Å². The van der Waals surface area contributed by atoms with Crippen LogP contribution >= 0.6 is 0 Å². The van der Waals surface area contributed by atoms with Crippen LogP contribution in [0.2, 0.25) is 0 Å². The maximum Gasteiger partial charge on any atom is 0.317 e. The molecular formula is C27H40N4O4. The number of hydrogen-bond acceptors (Lipinski definition) is 8. The molecule has 2 heterocycles. The van der Waals surface area contributed by atoms with E-state index in [1.165, 1.54) is 0 Å². The van der Waals surface area contributed by atoms with Gasteiger partial charge in [-0.15, -0.1) is 0 Å². The Bertz CT molecular complexity index is 766. The Morgan fingerprint density at radius 1 is 0.714 bits per heavy atom. The lowest BCUT2D eigenvalue weighted by Crippen LogP contribution is -2.17. The molecule has 0 aliphatic carbocycles. The van der Waals surface area contributed by atoms with E-state index in [2.05, 4.69) is 9.97 Å². The van der Waals surface area contributed by atoms with Crippen molar-refractivity contribution < 1.29 is 19.1 Å². The number of nitrogens with two attached hydrogens (primary N) is 2. The van der Waals surface area contributed by atoms with Crippen molar-refractivity contribution in [3.63, 3.8) is 0 Å². The number of aromatic nitrogens is 2. The van der Waals surface area contributed by atoms with E-state index < -0.39 is 11.9 Å². The summed E-state index contributed by atoms with van der Waals surface area (Å²) in [6.07, 6.45) is 14.0. The first-order chi connectivity index (χ1) is 17.1. The predicted octanol–water partition coefficient (Wildman–Crippen LogP) is 3.86. The van der Waals surface area contributed by atoms with Crippen molar-refractivity contribution >= 4 is 11.9 Å². The Hall–Kier alpha value is -2.84. The summed E-state index contributed by atoms with van der Waals surface area (Å²) < 4.78 is 10.7.